The van der Waals surface area contributed by atoms with Crippen molar-refractivity contribution in [2.24, 2.45) is 11.3 Å². The van der Waals surface area contributed by atoms with Gasteiger partial charge in [-0.1, -0.05) is 44.0 Å². The van der Waals surface area contributed by atoms with Crippen molar-refractivity contribution in [2.75, 3.05) is 5.32 Å². The summed E-state index contributed by atoms with van der Waals surface area (Å²) in [6.45, 7) is 4.87. The molecule has 2 N–H and O–H groups in total. The minimum Gasteiger partial charge on any atom is -0.481 e. The molecule has 0 heterocycles. The number of carbonyl (C=O) groups excluding carboxylic acids is 1. The number of benzene rings is 1. The second kappa shape index (κ2) is 5.97. The van der Waals surface area contributed by atoms with Crippen LogP contribution in [0.25, 0.3) is 0 Å². The van der Waals surface area contributed by atoms with Crippen LogP contribution in [0, 0.1) is 17.2 Å². The molecule has 0 spiro atoms. The normalized spacial score (nSPS) is 12.9. The summed E-state index contributed by atoms with van der Waals surface area (Å²) < 4.78 is 13.0. The number of carbonyl (C=O) groups is 2. The Balaban J connectivity index is 3.10. The maximum atomic E-state index is 13.0. The highest BCUT2D eigenvalue weighted by Crippen LogP contribution is 2.33. The Labute approximate surface area is 125 Å². The van der Waals surface area contributed by atoms with Crippen LogP contribution in [0.3, 0.4) is 0 Å². The molecule has 0 aliphatic rings. The molecule has 1 amide bonds. The molecule has 0 saturated carbocycles. The first-order valence-corrected chi connectivity index (χ1v) is 6.48. The van der Waals surface area contributed by atoms with Gasteiger partial charge in [0.05, 0.1) is 15.7 Å². The lowest BCUT2D eigenvalue weighted by Gasteiger charge is -2.26. The van der Waals surface area contributed by atoms with Gasteiger partial charge in [0.25, 0.3) is 0 Å². The van der Waals surface area contributed by atoms with Crippen LogP contribution in [0.15, 0.2) is 12.1 Å². The smallest absolute Gasteiger partial charge is 0.316 e. The highest BCUT2D eigenvalue weighted by Gasteiger charge is 2.38. The zero-order valence-corrected chi connectivity index (χ0v) is 12.6. The number of carboxylic acid groups (broad SMARTS) is 1. The lowest BCUT2D eigenvalue weighted by Crippen LogP contribution is -2.39. The van der Waals surface area contributed by atoms with E-state index in [0.29, 0.717) is 0 Å². The van der Waals surface area contributed by atoms with E-state index in [9.17, 15) is 14.0 Å². The Morgan fingerprint density at radius 3 is 2.05 bits per heavy atom. The largest absolute Gasteiger partial charge is 0.481 e. The van der Waals surface area contributed by atoms with Gasteiger partial charge >= 0.3 is 5.97 Å². The Morgan fingerprint density at radius 1 is 1.25 bits per heavy atom. The summed E-state index contributed by atoms with van der Waals surface area (Å²) in [5, 5.41) is 11.3. The van der Waals surface area contributed by atoms with Gasteiger partial charge in [0.2, 0.25) is 5.91 Å². The number of hydrogen-bond acceptors (Lipinski definition) is 2. The molecule has 0 aliphatic carbocycles. The van der Waals surface area contributed by atoms with E-state index in [1.807, 2.05) is 0 Å². The van der Waals surface area contributed by atoms with Gasteiger partial charge in [-0.15, -0.1) is 0 Å². The van der Waals surface area contributed by atoms with Crippen molar-refractivity contribution < 1.29 is 19.1 Å². The summed E-state index contributed by atoms with van der Waals surface area (Å²) in [7, 11) is 0. The number of carboxylic acids is 1. The third-order valence-electron chi connectivity index (χ3n) is 2.63. The van der Waals surface area contributed by atoms with Crippen LogP contribution < -0.4 is 5.32 Å². The summed E-state index contributed by atoms with van der Waals surface area (Å²) in [4.78, 5) is 23.3. The highest BCUT2D eigenvalue weighted by molar-refractivity contribution is 6.39. The van der Waals surface area contributed by atoms with Crippen molar-refractivity contribution >= 4 is 40.8 Å². The molecule has 1 aromatic carbocycles. The summed E-state index contributed by atoms with van der Waals surface area (Å²) in [5.41, 5.74) is -0.801. The molecule has 7 heteroatoms. The zero-order chi connectivity index (χ0) is 15.7. The lowest BCUT2D eigenvalue weighted by atomic mass is 9.80. The maximum absolute atomic E-state index is 13.0. The summed E-state index contributed by atoms with van der Waals surface area (Å²) in [6.07, 6.45) is 0. The fourth-order valence-corrected chi connectivity index (χ4v) is 2.29. The van der Waals surface area contributed by atoms with Crippen molar-refractivity contribution in [3.63, 3.8) is 0 Å². The van der Waals surface area contributed by atoms with Gasteiger partial charge in [0, 0.05) is 0 Å². The lowest BCUT2D eigenvalue weighted by molar-refractivity contribution is -0.149. The Bertz CT molecular complexity index is 532. The van der Waals surface area contributed by atoms with Crippen LogP contribution in [-0.2, 0) is 9.59 Å². The molecule has 4 nitrogen and oxygen atoms in total. The predicted octanol–water partition coefficient (Wildman–Crippen LogP) is 3.82. The molecule has 0 saturated heterocycles. The number of aliphatic carboxylic acids is 1. The Kier molecular flexibility index (Phi) is 5.00. The van der Waals surface area contributed by atoms with Crippen LogP contribution >= 0.6 is 23.2 Å². The molecular formula is C13H14Cl2FNO3. The standard InChI is InChI=1S/C13H14Cl2FNO3/c1-13(2,3)9(12(19)20)11(18)17-10-7(14)4-6(16)5-8(10)15/h4-5,9H,1-3H3,(H,17,18)(H,19,20). The Morgan fingerprint density at radius 2 is 1.70 bits per heavy atom. The van der Waals surface area contributed by atoms with E-state index in [1.54, 1.807) is 20.8 Å². The number of halogens is 3. The molecule has 0 bridgehead atoms. The molecule has 1 unspecified atom stereocenters. The number of rotatable bonds is 3. The molecule has 0 fully saturated rings. The van der Waals surface area contributed by atoms with Gasteiger partial charge in [-0.05, 0) is 17.5 Å². The van der Waals surface area contributed by atoms with Gasteiger partial charge in [-0.3, -0.25) is 9.59 Å². The third-order valence-corrected chi connectivity index (χ3v) is 3.23. The van der Waals surface area contributed by atoms with Crippen LogP contribution in [0.2, 0.25) is 10.0 Å². The number of nitrogens with one attached hydrogen (secondary N) is 1. The van der Waals surface area contributed by atoms with Crippen LogP contribution in [0.5, 0.6) is 0 Å². The van der Waals surface area contributed by atoms with Crippen molar-refractivity contribution in [3.8, 4) is 0 Å². The van der Waals surface area contributed by atoms with Crippen molar-refractivity contribution in [2.45, 2.75) is 20.8 Å². The minimum absolute atomic E-state index is 0.00441. The SMILES string of the molecule is CC(C)(C)C(C(=O)O)C(=O)Nc1c(Cl)cc(F)cc1Cl. The van der Waals surface area contributed by atoms with Crippen molar-refractivity contribution in [1.82, 2.24) is 0 Å². The van der Waals surface area contributed by atoms with E-state index in [-0.39, 0.29) is 15.7 Å². The second-order valence-electron chi connectivity index (χ2n) is 5.37. The number of hydrogen-bond donors (Lipinski definition) is 2. The maximum Gasteiger partial charge on any atom is 0.316 e. The molecule has 110 valence electrons. The van der Waals surface area contributed by atoms with E-state index in [1.165, 1.54) is 0 Å². The predicted molar refractivity (Wildman–Crippen MR) is 75.6 cm³/mol. The van der Waals surface area contributed by atoms with Crippen LogP contribution in [0.4, 0.5) is 10.1 Å². The Hall–Kier alpha value is -1.33. The van der Waals surface area contributed by atoms with Gasteiger partial charge in [0.15, 0.2) is 0 Å². The first-order chi connectivity index (χ1) is 9.04. The van der Waals surface area contributed by atoms with E-state index in [2.05, 4.69) is 5.32 Å². The molecule has 0 aliphatic heterocycles. The molecule has 20 heavy (non-hydrogen) atoms. The summed E-state index contributed by atoms with van der Waals surface area (Å²) >= 11 is 11.6. The van der Waals surface area contributed by atoms with E-state index in [4.69, 9.17) is 28.3 Å². The third kappa shape index (κ3) is 3.84. The number of anilines is 1. The van der Waals surface area contributed by atoms with Gasteiger partial charge in [0.1, 0.15) is 11.7 Å². The van der Waals surface area contributed by atoms with Gasteiger partial charge < -0.3 is 10.4 Å². The van der Waals surface area contributed by atoms with Crippen LogP contribution in [-0.4, -0.2) is 17.0 Å². The average molecular weight is 322 g/mol. The average Bonchev–Trinajstić information content (AvgIpc) is 2.20. The summed E-state index contributed by atoms with van der Waals surface area (Å²) in [5.74, 6) is -3.96. The molecule has 1 atom stereocenters. The summed E-state index contributed by atoms with van der Waals surface area (Å²) in [6, 6.07) is 1.96. The second-order valence-corrected chi connectivity index (χ2v) is 6.19. The molecule has 1 aromatic rings. The highest BCUT2D eigenvalue weighted by atomic mass is 35.5. The molecule has 0 aromatic heterocycles. The minimum atomic E-state index is -1.29. The molecule has 1 rings (SSSR count). The van der Waals surface area contributed by atoms with E-state index < -0.39 is 29.0 Å². The molecule has 0 radical (unpaired) electrons. The zero-order valence-electron chi connectivity index (χ0n) is 11.1. The fraction of sp³-hybridized carbons (Fsp3) is 0.385. The van der Waals surface area contributed by atoms with Gasteiger partial charge in [-0.25, -0.2) is 4.39 Å². The first kappa shape index (κ1) is 16.7. The fourth-order valence-electron chi connectivity index (χ4n) is 1.73. The topological polar surface area (TPSA) is 66.4 Å². The molecular weight excluding hydrogens is 308 g/mol. The number of amides is 1. The monoisotopic (exact) mass is 321 g/mol. The van der Waals surface area contributed by atoms with Crippen LogP contribution in [0.1, 0.15) is 20.8 Å². The van der Waals surface area contributed by atoms with E-state index >= 15 is 0 Å². The first-order valence-electron chi connectivity index (χ1n) is 5.72. The van der Waals surface area contributed by atoms with Gasteiger partial charge in [-0.2, -0.15) is 0 Å². The quantitative estimate of drug-likeness (QED) is 0.832. The van der Waals surface area contributed by atoms with E-state index in [0.717, 1.165) is 12.1 Å². The van der Waals surface area contributed by atoms with Crippen molar-refractivity contribution in [1.29, 1.82) is 0 Å². The van der Waals surface area contributed by atoms with Crippen molar-refractivity contribution in [3.05, 3.63) is 28.0 Å².